The number of ether oxygens (including phenoxy) is 2. The third kappa shape index (κ3) is 4.52. The summed E-state index contributed by atoms with van der Waals surface area (Å²) in [5.74, 6) is 0.0887. The zero-order valence-corrected chi connectivity index (χ0v) is 19.1. The van der Waals surface area contributed by atoms with Gasteiger partial charge in [-0.25, -0.2) is 0 Å². The Morgan fingerprint density at radius 1 is 1.06 bits per heavy atom. The van der Waals surface area contributed by atoms with Gasteiger partial charge in [0.2, 0.25) is 0 Å². The van der Waals surface area contributed by atoms with E-state index in [9.17, 15) is 4.79 Å². The molecule has 6 heteroatoms. The summed E-state index contributed by atoms with van der Waals surface area (Å²) in [5.41, 5.74) is 4.03. The fourth-order valence-electron chi connectivity index (χ4n) is 4.69. The Morgan fingerprint density at radius 2 is 1.81 bits per heavy atom. The lowest BCUT2D eigenvalue weighted by Gasteiger charge is -2.34. The smallest absolute Gasteiger partial charge is 0.253 e. The van der Waals surface area contributed by atoms with Gasteiger partial charge in [-0.1, -0.05) is 42.5 Å². The van der Waals surface area contributed by atoms with Gasteiger partial charge in [0, 0.05) is 32.3 Å². The molecule has 2 aliphatic heterocycles. The van der Waals surface area contributed by atoms with E-state index in [0.717, 1.165) is 54.6 Å². The predicted octanol–water partition coefficient (Wildman–Crippen LogP) is 4.28. The summed E-state index contributed by atoms with van der Waals surface area (Å²) in [6, 6.07) is 20.8. The van der Waals surface area contributed by atoms with Gasteiger partial charge < -0.3 is 19.7 Å². The van der Waals surface area contributed by atoms with Crippen LogP contribution in [0.3, 0.4) is 0 Å². The standard InChI is InChI=1S/C26H28N2O3.ClH/c1-30-16-19-2-4-20(5-3-19)21-6-7-23-15-24(9-8-22(23)14-21)25(29)28-12-10-26(18-28)17-27-11-13-31-26;/h2-9,14-15,27H,10-13,16-18H2,1H3;1H. The van der Waals surface area contributed by atoms with Crippen LogP contribution in [0.4, 0.5) is 0 Å². The van der Waals surface area contributed by atoms with E-state index < -0.39 is 0 Å². The normalized spacial score (nSPS) is 20.5. The minimum absolute atomic E-state index is 0. The molecule has 5 nitrogen and oxygen atoms in total. The van der Waals surface area contributed by atoms with E-state index in [-0.39, 0.29) is 23.9 Å². The molecule has 168 valence electrons. The first kappa shape index (κ1) is 22.7. The van der Waals surface area contributed by atoms with E-state index in [2.05, 4.69) is 53.8 Å². The number of nitrogens with one attached hydrogen (secondary N) is 1. The molecule has 3 aromatic rings. The second-order valence-corrected chi connectivity index (χ2v) is 8.59. The van der Waals surface area contributed by atoms with Crippen molar-refractivity contribution in [1.29, 1.82) is 0 Å². The number of carbonyl (C=O) groups is 1. The van der Waals surface area contributed by atoms with Gasteiger partial charge in [-0.15, -0.1) is 12.4 Å². The van der Waals surface area contributed by atoms with E-state index in [1.807, 2.05) is 17.0 Å². The van der Waals surface area contributed by atoms with Crippen LogP contribution in [0.25, 0.3) is 21.9 Å². The first-order valence-electron chi connectivity index (χ1n) is 10.9. The van der Waals surface area contributed by atoms with Crippen LogP contribution >= 0.6 is 12.4 Å². The Hall–Kier alpha value is -2.44. The molecular weight excluding hydrogens is 424 g/mol. The molecule has 1 N–H and O–H groups in total. The van der Waals surface area contributed by atoms with Crippen LogP contribution < -0.4 is 5.32 Å². The Morgan fingerprint density at radius 3 is 2.56 bits per heavy atom. The molecule has 0 aliphatic carbocycles. The molecule has 2 aliphatic rings. The maximum atomic E-state index is 13.1. The molecule has 2 fully saturated rings. The largest absolute Gasteiger partial charge is 0.380 e. The summed E-state index contributed by atoms with van der Waals surface area (Å²) in [4.78, 5) is 15.1. The number of morpholine rings is 1. The Labute approximate surface area is 195 Å². The Balaban J connectivity index is 0.00000245. The van der Waals surface area contributed by atoms with Gasteiger partial charge >= 0.3 is 0 Å². The van der Waals surface area contributed by atoms with Crippen LogP contribution in [0.15, 0.2) is 60.7 Å². The first-order valence-corrected chi connectivity index (χ1v) is 10.9. The van der Waals surface area contributed by atoms with Gasteiger partial charge in [-0.3, -0.25) is 4.79 Å². The first-order chi connectivity index (χ1) is 15.2. The zero-order chi connectivity index (χ0) is 21.3. The third-order valence-electron chi connectivity index (χ3n) is 6.42. The number of halogens is 1. The van der Waals surface area contributed by atoms with Crippen molar-refractivity contribution in [2.24, 2.45) is 0 Å². The van der Waals surface area contributed by atoms with Crippen molar-refractivity contribution in [3.05, 3.63) is 71.8 Å². The fourth-order valence-corrected chi connectivity index (χ4v) is 4.69. The number of hydrogen-bond acceptors (Lipinski definition) is 4. The molecule has 1 amide bonds. The average Bonchev–Trinajstić information content (AvgIpc) is 3.22. The third-order valence-corrected chi connectivity index (χ3v) is 6.42. The van der Waals surface area contributed by atoms with Crippen LogP contribution in [-0.2, 0) is 16.1 Å². The van der Waals surface area contributed by atoms with Crippen molar-refractivity contribution in [3.63, 3.8) is 0 Å². The number of benzene rings is 3. The molecular formula is C26H29ClN2O3. The van der Waals surface area contributed by atoms with Crippen molar-refractivity contribution < 1.29 is 14.3 Å². The lowest BCUT2D eigenvalue weighted by atomic mass is 9.99. The Kier molecular flexibility index (Phi) is 6.82. The van der Waals surface area contributed by atoms with E-state index in [1.165, 1.54) is 11.1 Å². The highest BCUT2D eigenvalue weighted by atomic mass is 35.5. The van der Waals surface area contributed by atoms with E-state index >= 15 is 0 Å². The van der Waals surface area contributed by atoms with Crippen molar-refractivity contribution in [2.45, 2.75) is 18.6 Å². The number of carbonyl (C=O) groups excluding carboxylic acids is 1. The molecule has 0 saturated carbocycles. The number of nitrogens with zero attached hydrogens (tertiary/aromatic N) is 1. The van der Waals surface area contributed by atoms with Crippen LogP contribution in [0.2, 0.25) is 0 Å². The van der Waals surface area contributed by atoms with Crippen LogP contribution in [0, 0.1) is 0 Å². The van der Waals surface area contributed by atoms with Crippen LogP contribution in [-0.4, -0.2) is 56.3 Å². The lowest BCUT2D eigenvalue weighted by Crippen LogP contribution is -2.51. The maximum Gasteiger partial charge on any atom is 0.253 e. The molecule has 2 saturated heterocycles. The molecule has 2 heterocycles. The number of likely N-dealkylation sites (tertiary alicyclic amines) is 1. The topological polar surface area (TPSA) is 50.8 Å². The van der Waals surface area contributed by atoms with Gasteiger partial charge in [0.05, 0.1) is 25.4 Å². The molecule has 0 radical (unpaired) electrons. The Bertz CT molecular complexity index is 1090. The number of fused-ring (bicyclic) bond motifs is 1. The molecule has 0 bridgehead atoms. The number of rotatable bonds is 4. The van der Waals surface area contributed by atoms with Gasteiger partial charge in [0.25, 0.3) is 5.91 Å². The number of methoxy groups -OCH3 is 1. The molecule has 5 rings (SSSR count). The average molecular weight is 453 g/mol. The quantitative estimate of drug-likeness (QED) is 0.642. The van der Waals surface area contributed by atoms with Crippen LogP contribution in [0.5, 0.6) is 0 Å². The second kappa shape index (κ2) is 9.59. The number of hydrogen-bond donors (Lipinski definition) is 1. The van der Waals surface area contributed by atoms with Gasteiger partial charge in [-0.2, -0.15) is 0 Å². The van der Waals surface area contributed by atoms with Crippen molar-refractivity contribution in [3.8, 4) is 11.1 Å². The zero-order valence-electron chi connectivity index (χ0n) is 18.3. The minimum Gasteiger partial charge on any atom is -0.380 e. The summed E-state index contributed by atoms with van der Waals surface area (Å²) in [7, 11) is 1.71. The molecule has 1 atom stereocenters. The summed E-state index contributed by atoms with van der Waals surface area (Å²) in [6.07, 6.45) is 0.895. The monoisotopic (exact) mass is 452 g/mol. The van der Waals surface area contributed by atoms with Crippen LogP contribution in [0.1, 0.15) is 22.3 Å². The minimum atomic E-state index is -0.210. The maximum absolute atomic E-state index is 13.1. The van der Waals surface area contributed by atoms with Gasteiger partial charge in [-0.05, 0) is 52.1 Å². The highest BCUT2D eigenvalue weighted by Crippen LogP contribution is 2.29. The molecule has 0 aromatic heterocycles. The summed E-state index contributed by atoms with van der Waals surface area (Å²) in [5, 5.41) is 5.61. The van der Waals surface area contributed by atoms with Crippen molar-refractivity contribution in [2.75, 3.05) is 39.9 Å². The SMILES string of the molecule is COCc1ccc(-c2ccc3cc(C(=O)N4CCC5(CNCCO5)C4)ccc3c2)cc1.Cl. The summed E-state index contributed by atoms with van der Waals surface area (Å²) in [6.45, 7) is 4.46. The highest BCUT2D eigenvalue weighted by molar-refractivity contribution is 5.99. The predicted molar refractivity (Wildman–Crippen MR) is 129 cm³/mol. The summed E-state index contributed by atoms with van der Waals surface area (Å²) >= 11 is 0. The fraction of sp³-hybridized carbons (Fsp3) is 0.346. The lowest BCUT2D eigenvalue weighted by molar-refractivity contribution is -0.0559. The highest BCUT2D eigenvalue weighted by Gasteiger charge is 2.42. The molecule has 32 heavy (non-hydrogen) atoms. The summed E-state index contributed by atoms with van der Waals surface area (Å²) < 4.78 is 11.2. The molecule has 3 aromatic carbocycles. The van der Waals surface area contributed by atoms with Gasteiger partial charge in [0.1, 0.15) is 0 Å². The van der Waals surface area contributed by atoms with Crippen molar-refractivity contribution in [1.82, 2.24) is 10.2 Å². The van der Waals surface area contributed by atoms with E-state index in [4.69, 9.17) is 9.47 Å². The van der Waals surface area contributed by atoms with E-state index in [0.29, 0.717) is 13.2 Å². The number of amides is 1. The van der Waals surface area contributed by atoms with Crippen molar-refractivity contribution >= 4 is 29.1 Å². The van der Waals surface area contributed by atoms with Gasteiger partial charge in [0.15, 0.2) is 0 Å². The van der Waals surface area contributed by atoms with E-state index in [1.54, 1.807) is 7.11 Å². The second-order valence-electron chi connectivity index (χ2n) is 8.59. The molecule has 1 unspecified atom stereocenters. The molecule has 1 spiro atoms.